The van der Waals surface area contributed by atoms with Crippen LogP contribution in [-0.4, -0.2) is 75.5 Å². The smallest absolute Gasteiger partial charge is 0.334 e. The van der Waals surface area contributed by atoms with Crippen LogP contribution in [0.4, 0.5) is 4.79 Å². The molecule has 8 heteroatoms. The maximum absolute atomic E-state index is 14.0. The van der Waals surface area contributed by atoms with Crippen molar-refractivity contribution < 1.29 is 14.4 Å². The molecule has 2 heterocycles. The molecule has 8 nitrogen and oxygen atoms in total. The first kappa shape index (κ1) is 25.8. The van der Waals surface area contributed by atoms with Gasteiger partial charge in [-0.15, -0.1) is 6.42 Å². The summed E-state index contributed by atoms with van der Waals surface area (Å²) in [5, 5.41) is 6.24. The highest BCUT2D eigenvalue weighted by molar-refractivity contribution is 5.92. The summed E-state index contributed by atoms with van der Waals surface area (Å²) in [5.74, 6) is 2.39. The Morgan fingerprint density at radius 1 is 0.947 bits per heavy atom. The average Bonchev–Trinajstić information content (AvgIpc) is 2.95. The molecule has 1 N–H and O–H groups in total. The Morgan fingerprint density at radius 3 is 2.26 bits per heavy atom. The first-order valence-corrected chi connectivity index (χ1v) is 13.5. The Labute approximate surface area is 224 Å². The number of hydrogen-bond acceptors (Lipinski definition) is 4. The van der Waals surface area contributed by atoms with Crippen molar-refractivity contribution in [3.05, 3.63) is 71.8 Å². The van der Waals surface area contributed by atoms with Crippen LogP contribution in [0, 0.1) is 12.3 Å². The van der Waals surface area contributed by atoms with Crippen LogP contribution in [0.5, 0.6) is 0 Å². The van der Waals surface area contributed by atoms with Gasteiger partial charge >= 0.3 is 6.03 Å². The molecule has 1 saturated carbocycles. The third-order valence-corrected chi connectivity index (χ3v) is 7.83. The summed E-state index contributed by atoms with van der Waals surface area (Å²) in [4.78, 5) is 44.9. The van der Waals surface area contributed by atoms with E-state index in [0.29, 0.717) is 13.0 Å². The van der Waals surface area contributed by atoms with Crippen LogP contribution in [0.3, 0.4) is 0 Å². The van der Waals surface area contributed by atoms with Gasteiger partial charge in [0.2, 0.25) is 11.8 Å². The fraction of sp³-hybridized carbons (Fsp3) is 0.433. The predicted molar refractivity (Wildman–Crippen MR) is 144 cm³/mol. The second-order valence-corrected chi connectivity index (χ2v) is 10.3. The summed E-state index contributed by atoms with van der Waals surface area (Å²) >= 11 is 0. The molecule has 2 aromatic rings. The van der Waals surface area contributed by atoms with Crippen molar-refractivity contribution in [1.29, 1.82) is 0 Å². The number of carbonyl (C=O) groups excluding carboxylic acids is 3. The van der Waals surface area contributed by atoms with Crippen LogP contribution in [-0.2, 0) is 22.6 Å². The number of amides is 4. The zero-order valence-electron chi connectivity index (χ0n) is 21.7. The lowest BCUT2D eigenvalue weighted by atomic mass is 9.91. The van der Waals surface area contributed by atoms with E-state index in [1.165, 1.54) is 6.42 Å². The Morgan fingerprint density at radius 2 is 1.61 bits per heavy atom. The molecular weight excluding hydrogens is 478 g/mol. The van der Waals surface area contributed by atoms with E-state index in [0.717, 1.165) is 36.8 Å². The van der Waals surface area contributed by atoms with Crippen molar-refractivity contribution >= 4 is 17.8 Å². The Balaban J connectivity index is 1.48. The fourth-order valence-corrected chi connectivity index (χ4v) is 6.01. The highest BCUT2D eigenvalue weighted by Gasteiger charge is 2.52. The zero-order valence-corrected chi connectivity index (χ0v) is 21.7. The van der Waals surface area contributed by atoms with Crippen LogP contribution < -0.4 is 5.32 Å². The molecule has 2 aromatic carbocycles. The minimum absolute atomic E-state index is 0.0274. The Kier molecular flexibility index (Phi) is 7.94. The summed E-state index contributed by atoms with van der Waals surface area (Å²) in [6.45, 7) is 0.691. The van der Waals surface area contributed by atoms with Crippen LogP contribution in [0.2, 0.25) is 0 Å². The summed E-state index contributed by atoms with van der Waals surface area (Å²) in [7, 11) is 0. The van der Waals surface area contributed by atoms with E-state index in [4.69, 9.17) is 6.42 Å². The molecular formula is C30H35N5O3. The molecule has 5 rings (SSSR count). The standard InChI is InChI=1S/C30H35N5O3/c1-2-18-32-22-28(36)34-26(19-23-12-6-3-7-13-23)29(37)33(25-16-10-5-11-17-25)21-27(34)35(32)30(38)31-20-24-14-8-4-9-15-24/h1,3-4,6-9,12-15,25-27H,5,10-11,16-22H2,(H,31,38)/t26-,27-/m0/s1. The number of nitrogens with zero attached hydrogens (tertiary/aromatic N) is 4. The number of carbonyl (C=O) groups is 3. The molecule has 0 radical (unpaired) electrons. The minimum atomic E-state index is -0.678. The SMILES string of the molecule is C#CCN1CC(=O)N2[C@@H](Cc3ccccc3)C(=O)N(C3CCCCC3)C[C@@H]2N1C(=O)NCc1ccccc1. The van der Waals surface area contributed by atoms with Gasteiger partial charge in [0.15, 0.2) is 0 Å². The van der Waals surface area contributed by atoms with Crippen molar-refractivity contribution in [2.75, 3.05) is 19.6 Å². The van der Waals surface area contributed by atoms with Gasteiger partial charge in [0.25, 0.3) is 0 Å². The normalized spacial score (nSPS) is 22.7. The van der Waals surface area contributed by atoms with Gasteiger partial charge in [0.1, 0.15) is 12.2 Å². The first-order chi connectivity index (χ1) is 18.6. The van der Waals surface area contributed by atoms with Crippen LogP contribution in [0.1, 0.15) is 43.2 Å². The van der Waals surface area contributed by atoms with E-state index in [1.54, 1.807) is 14.9 Å². The van der Waals surface area contributed by atoms with Gasteiger partial charge in [-0.05, 0) is 24.0 Å². The zero-order chi connectivity index (χ0) is 26.5. The number of hydrogen-bond donors (Lipinski definition) is 1. The lowest BCUT2D eigenvalue weighted by Gasteiger charge is -2.56. The number of urea groups is 1. The largest absolute Gasteiger partial charge is 0.334 e. The van der Waals surface area contributed by atoms with Gasteiger partial charge < -0.3 is 15.1 Å². The van der Waals surface area contributed by atoms with Crippen molar-refractivity contribution in [2.45, 2.75) is 63.3 Å². The average molecular weight is 514 g/mol. The number of rotatable bonds is 6. The van der Waals surface area contributed by atoms with Crippen LogP contribution in [0.15, 0.2) is 60.7 Å². The molecule has 2 atom stereocenters. The number of terminal acetylenes is 1. The Bertz CT molecular complexity index is 1180. The van der Waals surface area contributed by atoms with Crippen molar-refractivity contribution in [2.24, 2.45) is 0 Å². The predicted octanol–water partition coefficient (Wildman–Crippen LogP) is 3.00. The molecule has 2 aliphatic heterocycles. The van der Waals surface area contributed by atoms with E-state index >= 15 is 0 Å². The maximum Gasteiger partial charge on any atom is 0.334 e. The number of piperazine rings is 1. The van der Waals surface area contributed by atoms with E-state index in [9.17, 15) is 14.4 Å². The van der Waals surface area contributed by atoms with Crippen molar-refractivity contribution in [3.63, 3.8) is 0 Å². The van der Waals surface area contributed by atoms with E-state index in [-0.39, 0.29) is 43.5 Å². The number of nitrogens with one attached hydrogen (secondary N) is 1. The van der Waals surface area contributed by atoms with E-state index in [2.05, 4.69) is 11.2 Å². The van der Waals surface area contributed by atoms with Crippen molar-refractivity contribution in [1.82, 2.24) is 25.1 Å². The van der Waals surface area contributed by atoms with Gasteiger partial charge in [-0.1, -0.05) is 85.8 Å². The minimum Gasteiger partial charge on any atom is -0.334 e. The number of benzene rings is 2. The highest BCUT2D eigenvalue weighted by Crippen LogP contribution is 2.32. The van der Waals surface area contributed by atoms with Crippen LogP contribution in [0.25, 0.3) is 0 Å². The summed E-state index contributed by atoms with van der Waals surface area (Å²) < 4.78 is 0. The van der Waals surface area contributed by atoms with Crippen molar-refractivity contribution in [3.8, 4) is 12.3 Å². The molecule has 3 aliphatic rings. The second kappa shape index (κ2) is 11.7. The third kappa shape index (κ3) is 5.39. The quantitative estimate of drug-likeness (QED) is 0.603. The maximum atomic E-state index is 14.0. The molecule has 4 amide bonds. The van der Waals surface area contributed by atoms with Gasteiger partial charge in [0, 0.05) is 19.0 Å². The van der Waals surface area contributed by atoms with Gasteiger partial charge in [0.05, 0.1) is 19.6 Å². The Hall–Kier alpha value is -3.83. The first-order valence-electron chi connectivity index (χ1n) is 13.5. The molecule has 198 valence electrons. The summed E-state index contributed by atoms with van der Waals surface area (Å²) in [6.07, 6.45) is 10.6. The van der Waals surface area contributed by atoms with E-state index in [1.807, 2.05) is 65.6 Å². The molecule has 0 aromatic heterocycles. The molecule has 1 aliphatic carbocycles. The number of hydrazine groups is 1. The van der Waals surface area contributed by atoms with Gasteiger partial charge in [-0.25, -0.2) is 9.80 Å². The van der Waals surface area contributed by atoms with Gasteiger partial charge in [-0.2, -0.15) is 5.01 Å². The van der Waals surface area contributed by atoms with E-state index < -0.39 is 12.2 Å². The molecule has 3 fully saturated rings. The molecule has 38 heavy (non-hydrogen) atoms. The highest BCUT2D eigenvalue weighted by atomic mass is 16.2. The van der Waals surface area contributed by atoms with Gasteiger partial charge in [-0.3, -0.25) is 9.59 Å². The summed E-state index contributed by atoms with van der Waals surface area (Å²) in [6, 6.07) is 18.6. The lowest BCUT2D eigenvalue weighted by molar-refractivity contribution is -0.191. The number of fused-ring (bicyclic) bond motifs is 1. The van der Waals surface area contributed by atoms with Crippen LogP contribution >= 0.6 is 0 Å². The fourth-order valence-electron chi connectivity index (χ4n) is 6.01. The monoisotopic (exact) mass is 513 g/mol. The lowest BCUT2D eigenvalue weighted by Crippen LogP contribution is -2.77. The summed E-state index contributed by atoms with van der Waals surface area (Å²) in [5.41, 5.74) is 1.95. The second-order valence-electron chi connectivity index (χ2n) is 10.3. The molecule has 0 unspecified atom stereocenters. The third-order valence-electron chi connectivity index (χ3n) is 7.83. The molecule has 0 spiro atoms. The topological polar surface area (TPSA) is 76.2 Å². The molecule has 0 bridgehead atoms. The molecule has 2 saturated heterocycles.